The Morgan fingerprint density at radius 2 is 0.838 bits per heavy atom. The van der Waals surface area contributed by atoms with Gasteiger partial charge in [0, 0.05) is 12.8 Å². The topological polar surface area (TPSA) is 313 Å². The van der Waals surface area contributed by atoms with Crippen molar-refractivity contribution in [2.24, 2.45) is 10.8 Å². The Balaban J connectivity index is 1.20. The molecule has 6 atom stereocenters. The molecule has 2 aliphatic carbocycles. The van der Waals surface area contributed by atoms with Gasteiger partial charge >= 0.3 is 35.8 Å². The maximum absolute atomic E-state index is 13.3. The summed E-state index contributed by atoms with van der Waals surface area (Å²) in [5.74, 6) is -10.4. The molecule has 0 radical (unpaired) electrons. The number of hydrogen-bond acceptors (Lipinski definition) is 20. The lowest BCUT2D eigenvalue weighted by molar-refractivity contribution is -0.160. The van der Waals surface area contributed by atoms with Crippen LogP contribution in [-0.4, -0.2) is 128 Å². The first-order chi connectivity index (χ1) is 37.4. The second-order valence-corrected chi connectivity index (χ2v) is 21.0. The van der Waals surface area contributed by atoms with Crippen molar-refractivity contribution >= 4 is 47.4 Å². The maximum atomic E-state index is 13.3. The van der Waals surface area contributed by atoms with E-state index in [4.69, 9.17) is 18.9 Å². The molecule has 0 saturated carbocycles. The highest BCUT2D eigenvalue weighted by atomic mass is 16.6. The highest BCUT2D eigenvalue weighted by Gasteiger charge is 2.43. The average molecular weight is 1110 g/mol. The van der Waals surface area contributed by atoms with Crippen LogP contribution in [0.25, 0.3) is 0 Å². The number of carbonyl (C=O) groups excluding carboxylic acids is 8. The van der Waals surface area contributed by atoms with Crippen LogP contribution in [0, 0.1) is 10.8 Å². The monoisotopic (exact) mass is 1110 g/mol. The van der Waals surface area contributed by atoms with Gasteiger partial charge in [-0.2, -0.15) is 0 Å². The molecule has 0 fully saturated rings. The molecule has 432 valence electrons. The van der Waals surface area contributed by atoms with Crippen LogP contribution in [-0.2, 0) is 66.8 Å². The lowest BCUT2D eigenvalue weighted by atomic mass is 9.71. The molecule has 4 aliphatic rings. The molecule has 0 spiro atoms. The van der Waals surface area contributed by atoms with E-state index in [9.17, 15) is 69.0 Å². The first kappa shape index (κ1) is 64.4. The Morgan fingerprint density at radius 3 is 1.16 bits per heavy atom. The number of cyclic esters (lactones) is 2. The third-order valence-electron chi connectivity index (χ3n) is 13.3. The number of carbonyl (C=O) groups is 8. The lowest BCUT2D eigenvalue weighted by Gasteiger charge is -2.36. The molecular weight excluding hydrogens is 1040 g/mol. The summed E-state index contributed by atoms with van der Waals surface area (Å²) in [5, 5.41) is 58.3. The van der Waals surface area contributed by atoms with Crippen LogP contribution in [0.1, 0.15) is 108 Å². The molecule has 2 aliphatic heterocycles. The fraction of sp³-hybridized carbons (Fsp3) is 0.433. The molecular formula is C60H72O20. The van der Waals surface area contributed by atoms with Crippen LogP contribution in [0.3, 0.4) is 0 Å². The summed E-state index contributed by atoms with van der Waals surface area (Å²) >= 11 is 0. The van der Waals surface area contributed by atoms with Crippen molar-refractivity contribution in [3.63, 3.8) is 0 Å². The smallest absolute Gasteiger partial charge is 0.377 e. The van der Waals surface area contributed by atoms with Crippen LogP contribution in [0.2, 0.25) is 0 Å². The Kier molecular flexibility index (Phi) is 23.1. The van der Waals surface area contributed by atoms with Crippen molar-refractivity contribution in [3.05, 3.63) is 153 Å². The summed E-state index contributed by atoms with van der Waals surface area (Å²) in [6.45, 7) is 17.5. The van der Waals surface area contributed by atoms with E-state index in [1.807, 2.05) is 140 Å². The second-order valence-electron chi connectivity index (χ2n) is 21.0. The van der Waals surface area contributed by atoms with Crippen molar-refractivity contribution < 1.29 is 97.4 Å². The lowest BCUT2D eigenvalue weighted by Crippen LogP contribution is -2.39. The van der Waals surface area contributed by atoms with E-state index in [0.717, 1.165) is 33.4 Å². The fourth-order valence-electron chi connectivity index (χ4n) is 8.73. The third kappa shape index (κ3) is 18.2. The fourth-order valence-corrected chi connectivity index (χ4v) is 8.73. The Labute approximate surface area is 464 Å². The number of esters is 6. The normalized spacial score (nSPS) is 23.1. The molecule has 0 aromatic heterocycles. The number of ketones is 2. The Bertz CT molecular complexity index is 2690. The minimum atomic E-state index is -1.66. The van der Waals surface area contributed by atoms with Gasteiger partial charge in [-0.1, -0.05) is 135 Å². The van der Waals surface area contributed by atoms with Gasteiger partial charge in [-0.25, -0.2) is 9.59 Å². The van der Waals surface area contributed by atoms with Crippen molar-refractivity contribution in [1.82, 2.24) is 0 Å². The molecule has 4 rings (SSSR count). The van der Waals surface area contributed by atoms with Gasteiger partial charge < -0.3 is 59.1 Å². The SMILES string of the molecule is CC1=C(/C=C/C(C)=C/C=C/C(C)=C/C=C/C=C(C)/C=C/C=C(C)/C=C/C2=C(C)C(=O)C(OC(=O)CCC(=O)OCC(O)C3OC(=O)C(O)=C3O)CC2(C)C)C(C)(C)CC(OC(=O)CCC(=O)OCC(O)C2OC(=O)C(O)=C2O)C1=O. The molecule has 0 saturated heterocycles. The number of allylic oxidation sites excluding steroid dienone is 20. The summed E-state index contributed by atoms with van der Waals surface area (Å²) in [6, 6.07) is 0. The van der Waals surface area contributed by atoms with Gasteiger partial charge in [0.15, 0.2) is 47.5 Å². The number of Topliss-reactive ketones (excluding diaryl/α,β-unsaturated/α-hetero) is 2. The van der Waals surface area contributed by atoms with E-state index in [1.54, 1.807) is 13.8 Å². The van der Waals surface area contributed by atoms with Crippen LogP contribution in [0.15, 0.2) is 153 Å². The van der Waals surface area contributed by atoms with Crippen LogP contribution in [0.4, 0.5) is 0 Å². The highest BCUT2D eigenvalue weighted by molar-refractivity contribution is 6.02. The predicted molar refractivity (Wildman–Crippen MR) is 289 cm³/mol. The molecule has 0 aromatic carbocycles. The predicted octanol–water partition coefficient (Wildman–Crippen LogP) is 7.88. The molecule has 80 heavy (non-hydrogen) atoms. The van der Waals surface area contributed by atoms with Gasteiger partial charge in [-0.05, 0) is 74.7 Å². The average Bonchev–Trinajstić information content (AvgIpc) is 3.83. The second kappa shape index (κ2) is 28.7. The van der Waals surface area contributed by atoms with Gasteiger partial charge in [0.25, 0.3) is 0 Å². The number of rotatable bonds is 24. The number of aliphatic hydroxyl groups excluding tert-OH is 6. The van der Waals surface area contributed by atoms with E-state index >= 15 is 0 Å². The molecule has 6 unspecified atom stereocenters. The summed E-state index contributed by atoms with van der Waals surface area (Å²) < 4.78 is 30.0. The van der Waals surface area contributed by atoms with Crippen molar-refractivity contribution in [3.8, 4) is 0 Å². The summed E-state index contributed by atoms with van der Waals surface area (Å²) in [4.78, 5) is 99.0. The van der Waals surface area contributed by atoms with Gasteiger partial charge in [0.1, 0.15) is 25.4 Å². The van der Waals surface area contributed by atoms with Gasteiger partial charge in [0.2, 0.25) is 11.5 Å². The quantitative estimate of drug-likeness (QED) is 0.0304. The number of hydrogen-bond donors (Lipinski definition) is 6. The first-order valence-electron chi connectivity index (χ1n) is 25.8. The van der Waals surface area contributed by atoms with Crippen molar-refractivity contribution in [2.75, 3.05) is 13.2 Å². The van der Waals surface area contributed by atoms with E-state index in [-0.39, 0.29) is 24.4 Å². The van der Waals surface area contributed by atoms with Crippen molar-refractivity contribution in [1.29, 1.82) is 0 Å². The van der Waals surface area contributed by atoms with Crippen molar-refractivity contribution in [2.45, 2.75) is 144 Å². The standard InChI is InChI=1S/C60H72O20/c1-33(17-13-19-35(3)21-23-39-37(5)49(67)43(29-59(39,7)8)77-47(65)27-25-45(63)75-31-41(61)55-51(69)53(71)57(73)79-55)15-11-12-16-34(2)18-14-20-36(4)22-24-40-38(6)50(68)44(30-60(40,9)10)78-48(66)28-26-46(64)76-32-42(62)56-52(70)54(72)58(74)80-56/h11-24,41-44,55-56,61-62,69-72H,25-32H2,1-10H3/b12-11+,17-13+,18-14+,23-21+,24-22+,33-15+,34-16+,35-19+,36-20+. The van der Waals surface area contributed by atoms with Gasteiger partial charge in [-0.3, -0.25) is 28.8 Å². The van der Waals surface area contributed by atoms with E-state index in [0.29, 0.717) is 11.1 Å². The van der Waals surface area contributed by atoms with Crippen LogP contribution in [0.5, 0.6) is 0 Å². The third-order valence-corrected chi connectivity index (χ3v) is 13.3. The first-order valence-corrected chi connectivity index (χ1v) is 25.8. The maximum Gasteiger partial charge on any atom is 0.377 e. The molecule has 0 bridgehead atoms. The largest absolute Gasteiger partial charge is 0.505 e. The molecule has 0 aromatic rings. The molecule has 20 heteroatoms. The van der Waals surface area contributed by atoms with Crippen LogP contribution >= 0.6 is 0 Å². The molecule has 20 nitrogen and oxygen atoms in total. The van der Waals surface area contributed by atoms with Gasteiger partial charge in [0.05, 0.1) is 25.7 Å². The van der Waals surface area contributed by atoms with E-state index in [1.165, 1.54) is 0 Å². The zero-order valence-electron chi connectivity index (χ0n) is 46.6. The Hall–Kier alpha value is -8.10. The molecule has 2 heterocycles. The summed E-state index contributed by atoms with van der Waals surface area (Å²) in [5.41, 5.74) is 5.25. The zero-order chi connectivity index (χ0) is 59.8. The zero-order valence-corrected chi connectivity index (χ0v) is 46.6. The number of aliphatic hydroxyl groups is 6. The summed E-state index contributed by atoms with van der Waals surface area (Å²) in [7, 11) is 0. The van der Waals surface area contributed by atoms with E-state index in [2.05, 4.69) is 9.47 Å². The highest BCUT2D eigenvalue weighted by Crippen LogP contribution is 2.42. The van der Waals surface area contributed by atoms with Gasteiger partial charge in [-0.15, -0.1) is 0 Å². The molecule has 6 N–H and O–H groups in total. The number of ether oxygens (including phenoxy) is 6. The Morgan fingerprint density at radius 1 is 0.525 bits per heavy atom. The van der Waals surface area contributed by atoms with E-state index < -0.39 is 145 Å². The minimum absolute atomic E-state index is 0.212. The summed E-state index contributed by atoms with van der Waals surface area (Å²) in [6.07, 6.45) is 17.1. The minimum Gasteiger partial charge on any atom is -0.505 e. The molecule has 0 amide bonds. The van der Waals surface area contributed by atoms with Crippen LogP contribution < -0.4 is 0 Å².